The molecule has 0 saturated heterocycles. The normalized spacial score (nSPS) is 10.6. The van der Waals surface area contributed by atoms with Gasteiger partial charge in [-0.1, -0.05) is 11.6 Å². The summed E-state index contributed by atoms with van der Waals surface area (Å²) in [6.07, 6.45) is 0. The molecule has 0 aromatic heterocycles. The van der Waals surface area contributed by atoms with Gasteiger partial charge in [-0.05, 0) is 36.9 Å². The van der Waals surface area contributed by atoms with Crippen LogP contribution in [-0.2, 0) is 13.1 Å². The summed E-state index contributed by atoms with van der Waals surface area (Å²) in [7, 11) is 1.74. The van der Waals surface area contributed by atoms with Crippen LogP contribution in [0.4, 0.5) is 10.1 Å². The Morgan fingerprint density at radius 3 is 2.61 bits per heavy atom. The van der Waals surface area contributed by atoms with Crippen LogP contribution in [0.5, 0.6) is 0 Å². The highest BCUT2D eigenvalue weighted by molar-refractivity contribution is 6.31. The first-order valence-electron chi connectivity index (χ1n) is 6.70. The van der Waals surface area contributed by atoms with Gasteiger partial charge in [-0.15, -0.1) is 0 Å². The van der Waals surface area contributed by atoms with E-state index in [9.17, 15) is 14.5 Å². The van der Waals surface area contributed by atoms with E-state index in [1.165, 1.54) is 36.4 Å². The molecule has 7 heteroatoms. The largest absolute Gasteiger partial charge is 0.298 e. The minimum atomic E-state index is -0.490. The topological polar surface area (TPSA) is 70.2 Å². The third-order valence-corrected chi connectivity index (χ3v) is 3.66. The first kappa shape index (κ1) is 16.9. The average molecular weight is 334 g/mol. The highest BCUT2D eigenvalue weighted by Gasteiger charge is 2.13. The lowest BCUT2D eigenvalue weighted by molar-refractivity contribution is -0.384. The van der Waals surface area contributed by atoms with Crippen molar-refractivity contribution in [3.63, 3.8) is 0 Å². The number of nitro benzene ring substituents is 1. The van der Waals surface area contributed by atoms with E-state index in [0.717, 1.165) is 0 Å². The summed E-state index contributed by atoms with van der Waals surface area (Å²) >= 11 is 6.06. The number of rotatable bonds is 5. The van der Waals surface area contributed by atoms with Crippen LogP contribution in [0.15, 0.2) is 36.4 Å². The van der Waals surface area contributed by atoms with Crippen molar-refractivity contribution in [3.8, 4) is 6.07 Å². The molecule has 0 atom stereocenters. The molecule has 0 spiro atoms. The quantitative estimate of drug-likeness (QED) is 0.614. The molecule has 23 heavy (non-hydrogen) atoms. The van der Waals surface area contributed by atoms with E-state index in [1.54, 1.807) is 11.9 Å². The zero-order valence-corrected chi connectivity index (χ0v) is 13.0. The molecule has 0 aliphatic heterocycles. The number of halogens is 2. The van der Waals surface area contributed by atoms with Crippen LogP contribution in [0.25, 0.3) is 0 Å². The molecule has 118 valence electrons. The molecule has 0 aliphatic carbocycles. The lowest BCUT2D eigenvalue weighted by atomic mass is 10.1. The number of nitriles is 1. The predicted octanol–water partition coefficient (Wildman–Crippen LogP) is 3.89. The van der Waals surface area contributed by atoms with Gasteiger partial charge in [0, 0.05) is 35.8 Å². The fourth-order valence-electron chi connectivity index (χ4n) is 2.20. The molecule has 2 rings (SSSR count). The SMILES string of the molecule is CN(Cc1cc(C#N)ccc1F)Cc1cc([N+](=O)[O-])ccc1Cl. The predicted molar refractivity (Wildman–Crippen MR) is 84.4 cm³/mol. The van der Waals surface area contributed by atoms with Gasteiger partial charge in [0.15, 0.2) is 0 Å². The van der Waals surface area contributed by atoms with Crippen LogP contribution in [0.1, 0.15) is 16.7 Å². The lowest BCUT2D eigenvalue weighted by Crippen LogP contribution is -2.18. The van der Waals surface area contributed by atoms with Gasteiger partial charge in [0.05, 0.1) is 16.6 Å². The number of nitrogens with zero attached hydrogens (tertiary/aromatic N) is 3. The summed E-state index contributed by atoms with van der Waals surface area (Å²) in [6, 6.07) is 10.3. The third kappa shape index (κ3) is 4.25. The molecular weight excluding hydrogens is 321 g/mol. The molecule has 0 fully saturated rings. The minimum Gasteiger partial charge on any atom is -0.298 e. The van der Waals surface area contributed by atoms with Crippen molar-refractivity contribution in [2.75, 3.05) is 7.05 Å². The standard InChI is InChI=1S/C16H13ClFN3O2/c1-20(10-13-6-11(8-19)2-5-16(13)18)9-12-7-14(21(22)23)3-4-15(12)17/h2-7H,9-10H2,1H3. The number of nitro groups is 1. The van der Waals surface area contributed by atoms with Gasteiger partial charge in [-0.25, -0.2) is 4.39 Å². The average Bonchev–Trinajstić information content (AvgIpc) is 2.51. The number of non-ortho nitro benzene ring substituents is 1. The van der Waals surface area contributed by atoms with Crippen molar-refractivity contribution in [1.29, 1.82) is 5.26 Å². The van der Waals surface area contributed by atoms with Crippen LogP contribution in [0.2, 0.25) is 5.02 Å². The molecule has 0 saturated carbocycles. The van der Waals surface area contributed by atoms with Crippen LogP contribution in [0.3, 0.4) is 0 Å². The molecule has 0 bridgehead atoms. The van der Waals surface area contributed by atoms with Crippen molar-refractivity contribution in [3.05, 3.63) is 74.0 Å². The van der Waals surface area contributed by atoms with Crippen LogP contribution < -0.4 is 0 Å². The second kappa shape index (κ2) is 7.18. The van der Waals surface area contributed by atoms with Crippen molar-refractivity contribution in [2.24, 2.45) is 0 Å². The summed E-state index contributed by atoms with van der Waals surface area (Å²) in [5.41, 5.74) is 1.30. The summed E-state index contributed by atoms with van der Waals surface area (Å²) in [5, 5.41) is 20.1. The van der Waals surface area contributed by atoms with Gasteiger partial charge in [-0.2, -0.15) is 5.26 Å². The van der Waals surface area contributed by atoms with Crippen molar-refractivity contribution >= 4 is 17.3 Å². The fourth-order valence-corrected chi connectivity index (χ4v) is 2.38. The Balaban J connectivity index is 2.17. The van der Waals surface area contributed by atoms with Gasteiger partial charge in [0.25, 0.3) is 5.69 Å². The Hall–Kier alpha value is -2.49. The summed E-state index contributed by atoms with van der Waals surface area (Å²) in [4.78, 5) is 12.1. The van der Waals surface area contributed by atoms with Crippen LogP contribution >= 0.6 is 11.6 Å². The molecule has 0 unspecified atom stereocenters. The summed E-state index contributed by atoms with van der Waals surface area (Å²) < 4.78 is 13.8. The molecular formula is C16H13ClFN3O2. The van der Waals surface area contributed by atoms with E-state index in [1.807, 2.05) is 6.07 Å². The smallest absolute Gasteiger partial charge is 0.269 e. The molecule has 2 aromatic rings. The zero-order chi connectivity index (χ0) is 17.0. The van der Waals surface area contributed by atoms with Crippen LogP contribution in [0, 0.1) is 27.3 Å². The third-order valence-electron chi connectivity index (χ3n) is 3.30. The highest BCUT2D eigenvalue weighted by Crippen LogP contribution is 2.24. The van der Waals surface area contributed by atoms with Crippen molar-refractivity contribution in [1.82, 2.24) is 4.90 Å². The number of hydrogen-bond donors (Lipinski definition) is 0. The van der Waals surface area contributed by atoms with Gasteiger partial charge in [0.1, 0.15) is 5.82 Å². The Bertz CT molecular complexity index is 789. The Morgan fingerprint density at radius 1 is 1.26 bits per heavy atom. The molecule has 2 aromatic carbocycles. The zero-order valence-electron chi connectivity index (χ0n) is 12.3. The first-order valence-corrected chi connectivity index (χ1v) is 7.08. The van der Waals surface area contributed by atoms with Gasteiger partial charge >= 0.3 is 0 Å². The Kier molecular flexibility index (Phi) is 5.27. The summed E-state index contributed by atoms with van der Waals surface area (Å²) in [6.45, 7) is 0.567. The maximum atomic E-state index is 13.8. The van der Waals surface area contributed by atoms with E-state index in [4.69, 9.17) is 16.9 Å². The minimum absolute atomic E-state index is 0.0459. The van der Waals surface area contributed by atoms with Gasteiger partial charge in [-0.3, -0.25) is 15.0 Å². The van der Waals surface area contributed by atoms with E-state index in [0.29, 0.717) is 28.3 Å². The molecule has 5 nitrogen and oxygen atoms in total. The van der Waals surface area contributed by atoms with E-state index in [2.05, 4.69) is 0 Å². The molecule has 0 amide bonds. The van der Waals surface area contributed by atoms with Gasteiger partial charge < -0.3 is 0 Å². The lowest BCUT2D eigenvalue weighted by Gasteiger charge is -2.18. The molecule has 0 heterocycles. The van der Waals surface area contributed by atoms with Crippen molar-refractivity contribution < 1.29 is 9.31 Å². The number of benzene rings is 2. The summed E-state index contributed by atoms with van der Waals surface area (Å²) in [5.74, 6) is -0.402. The Morgan fingerprint density at radius 2 is 1.96 bits per heavy atom. The second-order valence-electron chi connectivity index (χ2n) is 5.12. The van der Waals surface area contributed by atoms with E-state index in [-0.39, 0.29) is 12.2 Å². The van der Waals surface area contributed by atoms with Gasteiger partial charge in [0.2, 0.25) is 0 Å². The second-order valence-corrected chi connectivity index (χ2v) is 5.53. The first-order chi connectivity index (χ1) is 10.9. The maximum absolute atomic E-state index is 13.8. The monoisotopic (exact) mass is 333 g/mol. The van der Waals surface area contributed by atoms with E-state index < -0.39 is 10.7 Å². The van der Waals surface area contributed by atoms with Crippen LogP contribution in [-0.4, -0.2) is 16.9 Å². The maximum Gasteiger partial charge on any atom is 0.269 e. The highest BCUT2D eigenvalue weighted by atomic mass is 35.5. The number of hydrogen-bond acceptors (Lipinski definition) is 4. The fraction of sp³-hybridized carbons (Fsp3) is 0.188. The molecule has 0 N–H and O–H groups in total. The van der Waals surface area contributed by atoms with E-state index >= 15 is 0 Å². The Labute approximate surface area is 137 Å². The molecule has 0 radical (unpaired) electrons. The molecule has 0 aliphatic rings. The van der Waals surface area contributed by atoms with Crippen molar-refractivity contribution in [2.45, 2.75) is 13.1 Å².